The van der Waals surface area contributed by atoms with E-state index in [9.17, 15) is 4.79 Å². The lowest BCUT2D eigenvalue weighted by Gasteiger charge is -2.31. The van der Waals surface area contributed by atoms with Gasteiger partial charge in [0.1, 0.15) is 17.6 Å². The van der Waals surface area contributed by atoms with E-state index in [2.05, 4.69) is 9.03 Å². The van der Waals surface area contributed by atoms with Crippen LogP contribution in [0.3, 0.4) is 0 Å². The molecule has 0 bridgehead atoms. The first-order valence-electron chi connectivity index (χ1n) is 8.46. The van der Waals surface area contributed by atoms with Gasteiger partial charge in [-0.25, -0.2) is 9.10 Å². The molecule has 2 aromatic rings. The summed E-state index contributed by atoms with van der Waals surface area (Å²) < 4.78 is 16.8. The third-order valence-corrected chi connectivity index (χ3v) is 5.02. The summed E-state index contributed by atoms with van der Waals surface area (Å²) in [7, 11) is 1.53. The Bertz CT molecular complexity index is 742. The number of rotatable bonds is 7. The van der Waals surface area contributed by atoms with Crippen LogP contribution < -0.4 is 14.2 Å². The molecule has 0 radical (unpaired) electrons. The Hall–Kier alpha value is -2.38. The minimum absolute atomic E-state index is 0.150. The second-order valence-electron chi connectivity index (χ2n) is 6.00. The standard InChI is InChI=1S/C19H22N2O4S/c1-24-18-12-14(19(22)23)9-10-17(18)20-26-21-11-5-8-16(13-21)25-15-6-3-2-4-7-15/h2-4,6-7,9-10,12,16,20H,5,8,11,13H2,1H3,(H,22,23). The van der Waals surface area contributed by atoms with E-state index >= 15 is 0 Å². The van der Waals surface area contributed by atoms with E-state index in [1.54, 1.807) is 12.1 Å². The van der Waals surface area contributed by atoms with Crippen LogP contribution in [0.25, 0.3) is 0 Å². The maximum absolute atomic E-state index is 11.1. The molecule has 7 heteroatoms. The van der Waals surface area contributed by atoms with Crippen molar-refractivity contribution >= 4 is 23.8 Å². The number of aromatic carboxylic acids is 1. The zero-order valence-electron chi connectivity index (χ0n) is 14.6. The van der Waals surface area contributed by atoms with Gasteiger partial charge in [-0.15, -0.1) is 0 Å². The summed E-state index contributed by atoms with van der Waals surface area (Å²) in [5.74, 6) is 0.425. The Kier molecular flexibility index (Phi) is 6.25. The van der Waals surface area contributed by atoms with Gasteiger partial charge in [0.25, 0.3) is 0 Å². The zero-order chi connectivity index (χ0) is 18.4. The van der Waals surface area contributed by atoms with Gasteiger partial charge in [0.15, 0.2) is 0 Å². The Morgan fingerprint density at radius 2 is 2.08 bits per heavy atom. The van der Waals surface area contributed by atoms with E-state index in [1.165, 1.54) is 25.3 Å². The molecule has 0 aromatic heterocycles. The van der Waals surface area contributed by atoms with E-state index in [0.29, 0.717) is 5.75 Å². The van der Waals surface area contributed by atoms with E-state index in [0.717, 1.165) is 37.4 Å². The van der Waals surface area contributed by atoms with Gasteiger partial charge in [-0.1, -0.05) is 18.2 Å². The van der Waals surface area contributed by atoms with Crippen LogP contribution in [0.1, 0.15) is 23.2 Å². The molecule has 6 nitrogen and oxygen atoms in total. The topological polar surface area (TPSA) is 71.0 Å². The Morgan fingerprint density at radius 3 is 2.81 bits per heavy atom. The molecule has 26 heavy (non-hydrogen) atoms. The summed E-state index contributed by atoms with van der Waals surface area (Å²) in [6.07, 6.45) is 2.24. The predicted octanol–water partition coefficient (Wildman–Crippen LogP) is 3.91. The van der Waals surface area contributed by atoms with E-state index in [-0.39, 0.29) is 11.7 Å². The minimum atomic E-state index is -0.973. The molecule has 3 rings (SSSR count). The van der Waals surface area contributed by atoms with Crippen LogP contribution >= 0.6 is 12.1 Å². The first kappa shape index (κ1) is 18.4. The van der Waals surface area contributed by atoms with Crippen molar-refractivity contribution in [3.05, 3.63) is 54.1 Å². The highest BCUT2D eigenvalue weighted by Gasteiger charge is 2.22. The molecule has 1 aliphatic rings. The highest BCUT2D eigenvalue weighted by atomic mass is 32.2. The van der Waals surface area contributed by atoms with Gasteiger partial charge in [-0.3, -0.25) is 0 Å². The largest absolute Gasteiger partial charge is 0.495 e. The Morgan fingerprint density at radius 1 is 1.27 bits per heavy atom. The lowest BCUT2D eigenvalue weighted by Crippen LogP contribution is -2.37. The molecule has 1 saturated heterocycles. The number of para-hydroxylation sites is 1. The lowest BCUT2D eigenvalue weighted by molar-refractivity contribution is 0.0696. The van der Waals surface area contributed by atoms with Gasteiger partial charge in [-0.2, -0.15) is 0 Å². The molecular formula is C19H22N2O4S. The van der Waals surface area contributed by atoms with Crippen molar-refractivity contribution in [3.8, 4) is 11.5 Å². The predicted molar refractivity (Wildman–Crippen MR) is 103 cm³/mol. The lowest BCUT2D eigenvalue weighted by atomic mass is 10.1. The maximum atomic E-state index is 11.1. The van der Waals surface area contributed by atoms with Crippen LogP contribution in [0, 0.1) is 0 Å². The van der Waals surface area contributed by atoms with Crippen molar-refractivity contribution in [2.24, 2.45) is 0 Å². The number of carboxylic acids is 1. The smallest absolute Gasteiger partial charge is 0.335 e. The number of benzene rings is 2. The summed E-state index contributed by atoms with van der Waals surface area (Å²) in [6.45, 7) is 1.77. The van der Waals surface area contributed by atoms with Gasteiger partial charge in [-0.05, 0) is 43.2 Å². The fourth-order valence-corrected chi connectivity index (χ4v) is 3.66. The summed E-state index contributed by atoms with van der Waals surface area (Å²) >= 11 is 1.48. The van der Waals surface area contributed by atoms with Crippen LogP contribution in [0.5, 0.6) is 11.5 Å². The van der Waals surface area contributed by atoms with Gasteiger partial charge in [0.2, 0.25) is 0 Å². The van der Waals surface area contributed by atoms with Crippen LogP contribution in [0.15, 0.2) is 48.5 Å². The van der Waals surface area contributed by atoms with Gasteiger partial charge in [0.05, 0.1) is 18.4 Å². The normalized spacial score (nSPS) is 17.5. The average Bonchev–Trinajstić information content (AvgIpc) is 2.67. The number of carbonyl (C=O) groups is 1. The minimum Gasteiger partial charge on any atom is -0.495 e. The highest BCUT2D eigenvalue weighted by Crippen LogP contribution is 2.30. The number of methoxy groups -OCH3 is 1. The molecule has 0 aliphatic carbocycles. The molecule has 0 saturated carbocycles. The maximum Gasteiger partial charge on any atom is 0.335 e. The van der Waals surface area contributed by atoms with Crippen LogP contribution in [-0.2, 0) is 0 Å². The quantitative estimate of drug-likeness (QED) is 0.712. The number of ether oxygens (including phenoxy) is 2. The van der Waals surface area contributed by atoms with E-state index in [1.807, 2.05) is 30.3 Å². The van der Waals surface area contributed by atoms with Crippen molar-refractivity contribution in [2.45, 2.75) is 18.9 Å². The molecule has 1 atom stereocenters. The van der Waals surface area contributed by atoms with Crippen molar-refractivity contribution in [3.63, 3.8) is 0 Å². The summed E-state index contributed by atoms with van der Waals surface area (Å²) in [4.78, 5) is 11.1. The SMILES string of the molecule is COc1cc(C(=O)O)ccc1NSN1CCCC(Oc2ccccc2)C1. The molecule has 1 fully saturated rings. The number of carboxylic acid groups (broad SMARTS) is 1. The third kappa shape index (κ3) is 4.83. The van der Waals surface area contributed by atoms with E-state index < -0.39 is 5.97 Å². The number of hydrogen-bond donors (Lipinski definition) is 2. The summed E-state index contributed by atoms with van der Waals surface area (Å²) in [6, 6.07) is 14.7. The second kappa shape index (κ2) is 8.82. The first-order chi connectivity index (χ1) is 12.7. The van der Waals surface area contributed by atoms with Crippen molar-refractivity contribution < 1.29 is 19.4 Å². The summed E-state index contributed by atoms with van der Waals surface area (Å²) in [5, 5.41) is 9.08. The highest BCUT2D eigenvalue weighted by molar-refractivity contribution is 7.98. The van der Waals surface area contributed by atoms with Gasteiger partial charge in [0, 0.05) is 25.2 Å². The molecule has 2 N–H and O–H groups in total. The molecule has 138 valence electrons. The molecule has 1 aliphatic heterocycles. The molecule has 1 unspecified atom stereocenters. The Balaban J connectivity index is 1.56. The third-order valence-electron chi connectivity index (χ3n) is 4.12. The van der Waals surface area contributed by atoms with Crippen molar-refractivity contribution in [1.82, 2.24) is 4.31 Å². The number of hydrogen-bond acceptors (Lipinski definition) is 6. The monoisotopic (exact) mass is 374 g/mol. The fourth-order valence-electron chi connectivity index (χ4n) is 2.80. The molecular weight excluding hydrogens is 352 g/mol. The van der Waals surface area contributed by atoms with Gasteiger partial charge < -0.3 is 19.3 Å². The molecule has 0 spiro atoms. The van der Waals surface area contributed by atoms with Crippen LogP contribution in [-0.4, -0.2) is 41.7 Å². The van der Waals surface area contributed by atoms with Crippen LogP contribution in [0.2, 0.25) is 0 Å². The van der Waals surface area contributed by atoms with Gasteiger partial charge >= 0.3 is 5.97 Å². The fraction of sp³-hybridized carbons (Fsp3) is 0.316. The van der Waals surface area contributed by atoms with Crippen molar-refractivity contribution in [1.29, 1.82) is 0 Å². The van der Waals surface area contributed by atoms with Crippen molar-refractivity contribution in [2.75, 3.05) is 24.9 Å². The summed E-state index contributed by atoms with van der Waals surface area (Å²) in [5.41, 5.74) is 0.945. The molecule has 2 aromatic carbocycles. The zero-order valence-corrected chi connectivity index (χ0v) is 15.4. The molecule has 0 amide bonds. The first-order valence-corrected chi connectivity index (χ1v) is 9.24. The number of nitrogens with one attached hydrogen (secondary N) is 1. The average molecular weight is 374 g/mol. The molecule has 1 heterocycles. The number of anilines is 1. The Labute approximate surface area is 157 Å². The van der Waals surface area contributed by atoms with E-state index in [4.69, 9.17) is 14.6 Å². The number of nitrogens with zero attached hydrogens (tertiary/aromatic N) is 1. The van der Waals surface area contributed by atoms with Crippen LogP contribution in [0.4, 0.5) is 5.69 Å². The second-order valence-corrected chi connectivity index (χ2v) is 6.90. The number of piperidine rings is 1.